The van der Waals surface area contributed by atoms with Gasteiger partial charge < -0.3 is 5.11 Å². The van der Waals surface area contributed by atoms with E-state index < -0.39 is 6.10 Å². The van der Waals surface area contributed by atoms with E-state index in [9.17, 15) is 5.11 Å². The maximum Gasteiger partial charge on any atom is 0.106 e. The lowest BCUT2D eigenvalue weighted by atomic mass is 9.92. The lowest BCUT2D eigenvalue weighted by Crippen LogP contribution is -2.04. The minimum atomic E-state index is -0.628. The number of hydrogen-bond acceptors (Lipinski definition) is 1. The fraction of sp³-hybridized carbons (Fsp3) is 0.111. The van der Waals surface area contributed by atoms with Crippen LogP contribution in [-0.4, -0.2) is 5.11 Å². The van der Waals surface area contributed by atoms with Gasteiger partial charge in [0, 0.05) is 4.47 Å². The normalized spacial score (nSPS) is 12.6. The molecule has 0 saturated heterocycles. The van der Waals surface area contributed by atoms with Crippen LogP contribution in [0.4, 0.5) is 0 Å². The second kappa shape index (κ2) is 5.39. The highest BCUT2D eigenvalue weighted by atomic mass is 79.9. The number of aliphatic hydroxyl groups is 1. The van der Waals surface area contributed by atoms with Crippen LogP contribution in [0.1, 0.15) is 22.8 Å². The Hall–Kier alpha value is -1.64. The summed E-state index contributed by atoms with van der Waals surface area (Å²) in [5.74, 6) is 0. The second-order valence-corrected chi connectivity index (χ2v) is 5.80. The maximum absolute atomic E-state index is 10.8. The summed E-state index contributed by atoms with van der Waals surface area (Å²) in [7, 11) is 0. The van der Waals surface area contributed by atoms with Crippen molar-refractivity contribution in [2.75, 3.05) is 0 Å². The Morgan fingerprint density at radius 3 is 2.40 bits per heavy atom. The number of hydrogen-bond donors (Lipinski definition) is 1. The average Bonchev–Trinajstić information content (AvgIpc) is 2.47. The van der Waals surface area contributed by atoms with Crippen LogP contribution in [0.5, 0.6) is 0 Å². The van der Waals surface area contributed by atoms with Gasteiger partial charge in [0.15, 0.2) is 0 Å². The first kappa shape index (κ1) is 13.3. The van der Waals surface area contributed by atoms with Crippen molar-refractivity contribution >= 4 is 26.7 Å². The van der Waals surface area contributed by atoms with Crippen molar-refractivity contribution in [3.63, 3.8) is 0 Å². The van der Waals surface area contributed by atoms with E-state index in [1.807, 2.05) is 43.3 Å². The van der Waals surface area contributed by atoms with E-state index in [-0.39, 0.29) is 0 Å². The molecule has 0 heterocycles. The van der Waals surface area contributed by atoms with Crippen LogP contribution in [-0.2, 0) is 0 Å². The van der Waals surface area contributed by atoms with Crippen LogP contribution in [0.2, 0.25) is 0 Å². The number of benzene rings is 3. The molecule has 0 radical (unpaired) electrons. The molecule has 3 aromatic rings. The zero-order chi connectivity index (χ0) is 14.1. The third kappa shape index (κ3) is 2.26. The molecule has 0 unspecified atom stereocenters. The predicted molar refractivity (Wildman–Crippen MR) is 86.9 cm³/mol. The SMILES string of the molecule is Cc1ccc2ccccc2c1[C@H](O)c1ccccc1Br. The largest absolute Gasteiger partial charge is 0.384 e. The topological polar surface area (TPSA) is 20.2 Å². The van der Waals surface area contributed by atoms with Crippen molar-refractivity contribution < 1.29 is 5.11 Å². The van der Waals surface area contributed by atoms with Crippen molar-refractivity contribution in [3.8, 4) is 0 Å². The van der Waals surface area contributed by atoms with Gasteiger partial charge in [-0.2, -0.15) is 0 Å². The van der Waals surface area contributed by atoms with E-state index in [0.717, 1.165) is 31.9 Å². The molecular weight excluding hydrogens is 312 g/mol. The van der Waals surface area contributed by atoms with Crippen LogP contribution in [0.3, 0.4) is 0 Å². The Morgan fingerprint density at radius 1 is 0.900 bits per heavy atom. The van der Waals surface area contributed by atoms with Crippen molar-refractivity contribution in [2.45, 2.75) is 13.0 Å². The van der Waals surface area contributed by atoms with Gasteiger partial charge in [-0.25, -0.2) is 0 Å². The van der Waals surface area contributed by atoms with Crippen LogP contribution in [0.15, 0.2) is 65.1 Å². The zero-order valence-electron chi connectivity index (χ0n) is 11.2. The first-order valence-electron chi connectivity index (χ1n) is 6.59. The zero-order valence-corrected chi connectivity index (χ0v) is 12.8. The van der Waals surface area contributed by atoms with Gasteiger partial charge in [-0.1, -0.05) is 70.5 Å². The Morgan fingerprint density at radius 2 is 1.60 bits per heavy atom. The van der Waals surface area contributed by atoms with E-state index in [1.165, 1.54) is 0 Å². The van der Waals surface area contributed by atoms with Crippen LogP contribution in [0.25, 0.3) is 10.8 Å². The summed E-state index contributed by atoms with van der Waals surface area (Å²) < 4.78 is 0.930. The van der Waals surface area contributed by atoms with Gasteiger partial charge in [0.05, 0.1) is 0 Å². The summed E-state index contributed by atoms with van der Waals surface area (Å²) in [6.45, 7) is 2.04. The molecule has 20 heavy (non-hydrogen) atoms. The summed E-state index contributed by atoms with van der Waals surface area (Å²) in [5.41, 5.74) is 2.98. The lowest BCUT2D eigenvalue weighted by Gasteiger charge is -2.18. The molecule has 0 bridgehead atoms. The van der Waals surface area contributed by atoms with Gasteiger partial charge in [-0.3, -0.25) is 0 Å². The Balaban J connectivity index is 2.24. The molecule has 1 nitrogen and oxygen atoms in total. The smallest absolute Gasteiger partial charge is 0.106 e. The van der Waals surface area contributed by atoms with Crippen molar-refractivity contribution in [3.05, 3.63) is 81.8 Å². The second-order valence-electron chi connectivity index (χ2n) is 4.94. The molecular formula is C18H15BrO. The quantitative estimate of drug-likeness (QED) is 0.703. The Kier molecular flexibility index (Phi) is 3.60. The monoisotopic (exact) mass is 326 g/mol. The molecule has 0 aliphatic carbocycles. The molecule has 0 aliphatic heterocycles. The highest BCUT2D eigenvalue weighted by Gasteiger charge is 2.17. The number of aliphatic hydroxyl groups excluding tert-OH is 1. The molecule has 0 fully saturated rings. The predicted octanol–water partition coefficient (Wildman–Crippen LogP) is 4.99. The van der Waals surface area contributed by atoms with E-state index in [0.29, 0.717) is 0 Å². The minimum absolute atomic E-state index is 0.628. The molecule has 3 rings (SSSR count). The molecule has 0 aromatic heterocycles. The lowest BCUT2D eigenvalue weighted by molar-refractivity contribution is 0.220. The summed E-state index contributed by atoms with van der Waals surface area (Å²) in [6.07, 6.45) is -0.628. The third-order valence-electron chi connectivity index (χ3n) is 3.66. The Labute approximate surface area is 127 Å². The highest BCUT2D eigenvalue weighted by molar-refractivity contribution is 9.10. The van der Waals surface area contributed by atoms with Crippen LogP contribution in [0, 0.1) is 6.92 Å². The average molecular weight is 327 g/mol. The van der Waals surface area contributed by atoms with Gasteiger partial charge >= 0.3 is 0 Å². The molecule has 0 aliphatic rings. The van der Waals surface area contributed by atoms with Crippen molar-refractivity contribution in [2.24, 2.45) is 0 Å². The fourth-order valence-corrected chi connectivity index (χ4v) is 3.12. The minimum Gasteiger partial charge on any atom is -0.384 e. The number of aryl methyl sites for hydroxylation is 1. The first-order valence-corrected chi connectivity index (χ1v) is 7.38. The Bertz CT molecular complexity index is 764. The molecule has 1 N–H and O–H groups in total. The van der Waals surface area contributed by atoms with E-state index >= 15 is 0 Å². The molecule has 3 aromatic carbocycles. The van der Waals surface area contributed by atoms with Crippen LogP contribution >= 0.6 is 15.9 Å². The maximum atomic E-state index is 10.8. The van der Waals surface area contributed by atoms with Crippen LogP contribution < -0.4 is 0 Å². The summed E-state index contributed by atoms with van der Waals surface area (Å²) in [4.78, 5) is 0. The molecule has 100 valence electrons. The third-order valence-corrected chi connectivity index (χ3v) is 4.38. The summed E-state index contributed by atoms with van der Waals surface area (Å²) in [6, 6.07) is 20.2. The van der Waals surface area contributed by atoms with Gasteiger partial charge in [0.1, 0.15) is 6.10 Å². The molecule has 0 spiro atoms. The van der Waals surface area contributed by atoms with Crippen molar-refractivity contribution in [1.82, 2.24) is 0 Å². The molecule has 2 heteroatoms. The standard InChI is InChI=1S/C18H15BrO/c1-12-10-11-13-6-2-3-7-14(13)17(12)18(20)15-8-4-5-9-16(15)19/h2-11,18,20H,1H3/t18-/m1/s1. The van der Waals surface area contributed by atoms with Crippen molar-refractivity contribution in [1.29, 1.82) is 0 Å². The molecule has 0 saturated carbocycles. The van der Waals surface area contributed by atoms with Gasteiger partial charge in [-0.05, 0) is 40.5 Å². The summed E-state index contributed by atoms with van der Waals surface area (Å²) in [5, 5.41) is 13.1. The summed E-state index contributed by atoms with van der Waals surface area (Å²) >= 11 is 3.52. The highest BCUT2D eigenvalue weighted by Crippen LogP contribution is 2.34. The van der Waals surface area contributed by atoms with E-state index in [2.05, 4.69) is 40.2 Å². The first-order chi connectivity index (χ1) is 9.68. The number of rotatable bonds is 2. The number of halogens is 1. The number of fused-ring (bicyclic) bond motifs is 1. The van der Waals surface area contributed by atoms with E-state index in [1.54, 1.807) is 0 Å². The van der Waals surface area contributed by atoms with Gasteiger partial charge in [-0.15, -0.1) is 0 Å². The van der Waals surface area contributed by atoms with Gasteiger partial charge in [0.25, 0.3) is 0 Å². The molecule has 1 atom stereocenters. The fourth-order valence-electron chi connectivity index (χ4n) is 2.62. The van der Waals surface area contributed by atoms with Gasteiger partial charge in [0.2, 0.25) is 0 Å². The molecule has 0 amide bonds. The van der Waals surface area contributed by atoms with E-state index in [4.69, 9.17) is 0 Å².